The molecule has 0 unspecified atom stereocenters. The van der Waals surface area contributed by atoms with Gasteiger partial charge in [-0.15, -0.1) is 0 Å². The molecule has 160 valence electrons. The molecule has 0 radical (unpaired) electrons. The maximum atomic E-state index is 13.1. The molecule has 2 N–H and O–H groups in total. The lowest BCUT2D eigenvalue weighted by Gasteiger charge is -2.23. The standard InChI is InChI=1S/C21H22F3N3O3/c22-21(23,24)15-5-7-18(27-11-1-2-12-27)17(14-15)26-20(29)9-10-25-19(28)8-6-16-4-3-13-30-16/h3-8,13-14H,1-2,9-12H2,(H,25,28)(H,26,29)/b8-6+. The SMILES string of the molecule is O=C(/C=C/c1ccco1)NCCC(=O)Nc1cc(C(F)(F)F)ccc1N1CCCC1. The number of nitrogens with zero attached hydrogens (tertiary/aromatic N) is 1. The zero-order chi connectivity index (χ0) is 21.6. The zero-order valence-electron chi connectivity index (χ0n) is 16.2. The first kappa shape index (κ1) is 21.5. The molecule has 1 aromatic heterocycles. The molecule has 6 nitrogen and oxygen atoms in total. The van der Waals surface area contributed by atoms with Gasteiger partial charge in [-0.3, -0.25) is 9.59 Å². The van der Waals surface area contributed by atoms with Crippen LogP contribution in [0.1, 0.15) is 30.6 Å². The maximum absolute atomic E-state index is 13.1. The number of carbonyl (C=O) groups excluding carboxylic acids is 2. The van der Waals surface area contributed by atoms with Gasteiger partial charge in [0.25, 0.3) is 0 Å². The molecular formula is C21H22F3N3O3. The van der Waals surface area contributed by atoms with Crippen LogP contribution in [0.2, 0.25) is 0 Å². The molecule has 3 rings (SSSR count). The number of rotatable bonds is 7. The second kappa shape index (κ2) is 9.51. The number of amides is 2. The molecule has 30 heavy (non-hydrogen) atoms. The number of benzene rings is 1. The van der Waals surface area contributed by atoms with Gasteiger partial charge in [0.2, 0.25) is 11.8 Å². The van der Waals surface area contributed by atoms with E-state index in [0.717, 1.165) is 38.1 Å². The number of halogens is 3. The Bertz CT molecular complexity index is 902. The molecule has 0 saturated carbocycles. The van der Waals surface area contributed by atoms with Crippen molar-refractivity contribution in [1.82, 2.24) is 5.32 Å². The number of anilines is 2. The van der Waals surface area contributed by atoms with Crippen molar-refractivity contribution in [1.29, 1.82) is 0 Å². The molecule has 1 fully saturated rings. The Morgan fingerprint density at radius 2 is 1.93 bits per heavy atom. The van der Waals surface area contributed by atoms with Gasteiger partial charge in [-0.1, -0.05) is 0 Å². The summed E-state index contributed by atoms with van der Waals surface area (Å²) in [7, 11) is 0. The van der Waals surface area contributed by atoms with Gasteiger partial charge in [0.15, 0.2) is 0 Å². The Labute approximate surface area is 171 Å². The molecule has 0 spiro atoms. The van der Waals surface area contributed by atoms with Crippen molar-refractivity contribution in [3.8, 4) is 0 Å². The third-order valence-electron chi connectivity index (χ3n) is 4.64. The summed E-state index contributed by atoms with van der Waals surface area (Å²) in [5.41, 5.74) is -0.128. The van der Waals surface area contributed by atoms with Crippen LogP contribution in [0.5, 0.6) is 0 Å². The van der Waals surface area contributed by atoms with E-state index < -0.39 is 23.6 Å². The summed E-state index contributed by atoms with van der Waals surface area (Å²) >= 11 is 0. The molecular weight excluding hydrogens is 399 g/mol. The van der Waals surface area contributed by atoms with Gasteiger partial charge in [-0.2, -0.15) is 13.2 Å². The minimum atomic E-state index is -4.50. The lowest BCUT2D eigenvalue weighted by Crippen LogP contribution is -2.27. The van der Waals surface area contributed by atoms with Crippen LogP contribution >= 0.6 is 0 Å². The summed E-state index contributed by atoms with van der Waals surface area (Å²) in [6.45, 7) is 1.50. The lowest BCUT2D eigenvalue weighted by atomic mass is 10.1. The Kier molecular flexibility index (Phi) is 6.81. The fourth-order valence-corrected chi connectivity index (χ4v) is 3.16. The molecule has 2 amide bonds. The topological polar surface area (TPSA) is 74.6 Å². The van der Waals surface area contributed by atoms with Crippen molar-refractivity contribution >= 4 is 29.3 Å². The van der Waals surface area contributed by atoms with E-state index in [1.54, 1.807) is 12.1 Å². The third-order valence-corrected chi connectivity index (χ3v) is 4.64. The smallest absolute Gasteiger partial charge is 0.416 e. The monoisotopic (exact) mass is 421 g/mol. The molecule has 0 aliphatic carbocycles. The number of carbonyl (C=O) groups is 2. The van der Waals surface area contributed by atoms with E-state index in [-0.39, 0.29) is 18.7 Å². The summed E-state index contributed by atoms with van der Waals surface area (Å²) in [5.74, 6) is -0.372. The quantitative estimate of drug-likeness (QED) is 0.662. The minimum Gasteiger partial charge on any atom is -0.465 e. The number of furan rings is 1. The van der Waals surface area contributed by atoms with E-state index in [9.17, 15) is 22.8 Å². The van der Waals surface area contributed by atoms with E-state index in [4.69, 9.17) is 4.42 Å². The first-order chi connectivity index (χ1) is 14.3. The van der Waals surface area contributed by atoms with E-state index in [1.165, 1.54) is 24.5 Å². The van der Waals surface area contributed by atoms with E-state index in [2.05, 4.69) is 10.6 Å². The van der Waals surface area contributed by atoms with Crippen molar-refractivity contribution in [2.45, 2.75) is 25.4 Å². The van der Waals surface area contributed by atoms with Crippen LogP contribution in [-0.2, 0) is 15.8 Å². The predicted octanol–water partition coefficient (Wildman–Crippen LogP) is 4.06. The molecule has 1 aromatic carbocycles. The summed E-state index contributed by atoms with van der Waals surface area (Å²) in [6.07, 6.45) is 1.56. The number of alkyl halides is 3. The van der Waals surface area contributed by atoms with Crippen LogP contribution in [0.3, 0.4) is 0 Å². The zero-order valence-corrected chi connectivity index (χ0v) is 16.2. The normalized spacial score (nSPS) is 14.3. The van der Waals surface area contributed by atoms with Gasteiger partial charge in [-0.25, -0.2) is 0 Å². The number of nitrogens with one attached hydrogen (secondary N) is 2. The molecule has 1 saturated heterocycles. The van der Waals surface area contributed by atoms with Gasteiger partial charge in [0.1, 0.15) is 5.76 Å². The molecule has 9 heteroatoms. The Hall–Kier alpha value is -3.23. The van der Waals surface area contributed by atoms with Gasteiger partial charge in [-0.05, 0) is 49.2 Å². The number of hydrogen-bond acceptors (Lipinski definition) is 4. The highest BCUT2D eigenvalue weighted by atomic mass is 19.4. The first-order valence-electron chi connectivity index (χ1n) is 9.58. The fourth-order valence-electron chi connectivity index (χ4n) is 3.16. The highest BCUT2D eigenvalue weighted by Crippen LogP contribution is 2.36. The highest BCUT2D eigenvalue weighted by molar-refractivity contribution is 5.95. The van der Waals surface area contributed by atoms with Gasteiger partial charge >= 0.3 is 6.18 Å². The fraction of sp³-hybridized carbons (Fsp3) is 0.333. The Balaban J connectivity index is 1.58. The minimum absolute atomic E-state index is 0.0468. The Morgan fingerprint density at radius 1 is 1.17 bits per heavy atom. The number of hydrogen-bond donors (Lipinski definition) is 2. The largest absolute Gasteiger partial charge is 0.465 e. The van der Waals surface area contributed by atoms with E-state index in [0.29, 0.717) is 11.4 Å². The van der Waals surface area contributed by atoms with Crippen LogP contribution in [0.15, 0.2) is 47.1 Å². The first-order valence-corrected chi connectivity index (χ1v) is 9.58. The van der Waals surface area contributed by atoms with E-state index >= 15 is 0 Å². The van der Waals surface area contributed by atoms with Crippen LogP contribution in [0, 0.1) is 0 Å². The van der Waals surface area contributed by atoms with Crippen LogP contribution < -0.4 is 15.5 Å². The van der Waals surface area contributed by atoms with Crippen molar-refractivity contribution < 1.29 is 27.2 Å². The second-order valence-electron chi connectivity index (χ2n) is 6.86. The summed E-state index contributed by atoms with van der Waals surface area (Å²) < 4.78 is 44.3. The average Bonchev–Trinajstić information content (AvgIpc) is 3.39. The van der Waals surface area contributed by atoms with Gasteiger partial charge in [0, 0.05) is 32.1 Å². The molecule has 1 aliphatic rings. The van der Waals surface area contributed by atoms with Crippen molar-refractivity contribution in [3.63, 3.8) is 0 Å². The summed E-state index contributed by atoms with van der Waals surface area (Å²) in [4.78, 5) is 26.0. The van der Waals surface area contributed by atoms with Crippen molar-refractivity contribution in [2.75, 3.05) is 29.9 Å². The van der Waals surface area contributed by atoms with Gasteiger partial charge < -0.3 is 20.0 Å². The summed E-state index contributed by atoms with van der Waals surface area (Å²) in [5, 5.41) is 5.11. The molecule has 0 bridgehead atoms. The van der Waals surface area contributed by atoms with Gasteiger partial charge in [0.05, 0.1) is 23.2 Å². The molecule has 1 aliphatic heterocycles. The van der Waals surface area contributed by atoms with Crippen molar-refractivity contribution in [2.24, 2.45) is 0 Å². The molecule has 2 aromatic rings. The molecule has 0 atom stereocenters. The average molecular weight is 421 g/mol. The van der Waals surface area contributed by atoms with Crippen LogP contribution in [0.25, 0.3) is 6.08 Å². The summed E-state index contributed by atoms with van der Waals surface area (Å²) in [6, 6.07) is 6.74. The Morgan fingerprint density at radius 3 is 2.60 bits per heavy atom. The van der Waals surface area contributed by atoms with Crippen molar-refractivity contribution in [3.05, 3.63) is 54.0 Å². The third kappa shape index (κ3) is 5.88. The maximum Gasteiger partial charge on any atom is 0.416 e. The highest BCUT2D eigenvalue weighted by Gasteiger charge is 2.32. The van der Waals surface area contributed by atoms with Crippen LogP contribution in [-0.4, -0.2) is 31.4 Å². The second-order valence-corrected chi connectivity index (χ2v) is 6.86. The van der Waals surface area contributed by atoms with Crippen LogP contribution in [0.4, 0.5) is 24.5 Å². The lowest BCUT2D eigenvalue weighted by molar-refractivity contribution is -0.137. The predicted molar refractivity (Wildman–Crippen MR) is 107 cm³/mol. The molecule has 2 heterocycles. The van der Waals surface area contributed by atoms with E-state index in [1.807, 2.05) is 4.90 Å².